The molecule has 274 valence electrons. The van der Waals surface area contributed by atoms with Crippen LogP contribution in [0.25, 0.3) is 0 Å². The molecule has 0 saturated carbocycles. The third-order valence-corrected chi connectivity index (χ3v) is 10.8. The fourth-order valence-electron chi connectivity index (χ4n) is 5.00. The Morgan fingerprint density at radius 1 is 0.804 bits per heavy atom. The van der Waals surface area contributed by atoms with Gasteiger partial charge in [-0.1, -0.05) is 0 Å². The van der Waals surface area contributed by atoms with Gasteiger partial charge in [-0.3, -0.25) is 24.2 Å². The number of hydrogen-bond donors (Lipinski definition) is 5. The lowest BCUT2D eigenvalue weighted by molar-refractivity contribution is -0.145. The largest absolute Gasteiger partial charge is 0.506 e. The Morgan fingerprint density at radius 2 is 1.35 bits per heavy atom. The molecular weight excluding hydrogens is 1120 g/mol. The molecule has 0 unspecified atom stereocenters. The van der Waals surface area contributed by atoms with Crippen LogP contribution >= 0.6 is 90.4 Å². The Bertz CT molecular complexity index is 1770. The monoisotopic (exact) mass is 1160 g/mol. The molecule has 1 saturated heterocycles. The first-order chi connectivity index (χ1) is 24.1. The lowest BCUT2D eigenvalue weighted by Crippen LogP contribution is -2.50. The summed E-state index contributed by atoms with van der Waals surface area (Å²) in [4.78, 5) is 68.3. The van der Waals surface area contributed by atoms with Crippen molar-refractivity contribution in [2.75, 3.05) is 33.3 Å². The van der Waals surface area contributed by atoms with Gasteiger partial charge >= 0.3 is 11.9 Å². The predicted molar refractivity (Wildman–Crippen MR) is 215 cm³/mol. The van der Waals surface area contributed by atoms with Crippen LogP contribution in [0.4, 0.5) is 0 Å². The third-order valence-electron chi connectivity index (χ3n) is 7.59. The van der Waals surface area contributed by atoms with Gasteiger partial charge in [0.25, 0.3) is 0 Å². The number of halogens is 4. The number of aromatic amines is 1. The molecule has 0 spiro atoms. The molecule has 5 N–H and O–H groups in total. The highest BCUT2D eigenvalue weighted by Crippen LogP contribution is 2.37. The highest BCUT2D eigenvalue weighted by molar-refractivity contribution is 14.1. The van der Waals surface area contributed by atoms with Crippen LogP contribution in [0.1, 0.15) is 31.2 Å². The molecule has 0 radical (unpaired) electrons. The van der Waals surface area contributed by atoms with Gasteiger partial charge in [0.15, 0.2) is 17.4 Å². The fraction of sp³-hybridized carbons (Fsp3) is 0.344. The normalized spacial score (nSPS) is 13.4. The number of methoxy groups -OCH3 is 1. The van der Waals surface area contributed by atoms with Gasteiger partial charge in [0.05, 0.1) is 27.8 Å². The number of benzene rings is 2. The van der Waals surface area contributed by atoms with Gasteiger partial charge in [0.1, 0.15) is 17.5 Å². The standard InChI is InChI=1S/C32H32I4N4O11/c1-49-32(48)22(12-16-10-20(35)30(21(36)11-16)50-17-13-18(33)29(46)19(34)14-17)37-24(41)2-3-26(43)39-6-8-40(9-7-39)27(44)4-5-28(45)51-23-15-25(42)38-31(23)47/h10-11,13-15,22,38,42,46-47H,2-9,12H2,1H3,(H,37,41)/t22-/m0/s1. The number of esters is 2. The van der Waals surface area contributed by atoms with Gasteiger partial charge < -0.3 is 44.6 Å². The predicted octanol–water partition coefficient (Wildman–Crippen LogP) is 4.38. The van der Waals surface area contributed by atoms with E-state index in [1.165, 1.54) is 12.0 Å². The SMILES string of the molecule is COC(=O)[C@H](Cc1cc(I)c(Oc2cc(I)c(O)c(I)c2)c(I)c1)NC(=O)CCC(=O)N1CCN(C(=O)CCC(=O)Oc2cc(O)[nH]c2O)CC1. The summed E-state index contributed by atoms with van der Waals surface area (Å²) in [7, 11) is 1.23. The Hall–Kier alpha value is -2.81. The lowest BCUT2D eigenvalue weighted by Gasteiger charge is -2.35. The molecule has 2 heterocycles. The van der Waals surface area contributed by atoms with Crippen molar-refractivity contribution >= 4 is 120 Å². The van der Waals surface area contributed by atoms with E-state index < -0.39 is 29.8 Å². The molecule has 0 aliphatic carbocycles. The van der Waals surface area contributed by atoms with Crippen LogP contribution in [0.3, 0.4) is 0 Å². The van der Waals surface area contributed by atoms with Crippen molar-refractivity contribution < 1.29 is 53.5 Å². The van der Waals surface area contributed by atoms with Gasteiger partial charge in [-0.05, 0) is 120 Å². The zero-order chi connectivity index (χ0) is 37.4. The maximum atomic E-state index is 12.9. The summed E-state index contributed by atoms with van der Waals surface area (Å²) in [6, 6.07) is 7.18. The van der Waals surface area contributed by atoms with Crippen LogP contribution in [-0.4, -0.2) is 99.1 Å². The minimum absolute atomic E-state index is 0.0992. The summed E-state index contributed by atoms with van der Waals surface area (Å²) >= 11 is 8.33. The minimum atomic E-state index is -0.996. The van der Waals surface area contributed by atoms with E-state index in [1.54, 1.807) is 17.0 Å². The van der Waals surface area contributed by atoms with E-state index in [2.05, 4.69) is 55.5 Å². The van der Waals surface area contributed by atoms with Crippen molar-refractivity contribution in [2.45, 2.75) is 38.1 Å². The molecule has 2 aromatic carbocycles. The summed E-state index contributed by atoms with van der Waals surface area (Å²) in [6.07, 6.45) is -0.505. The smallest absolute Gasteiger partial charge is 0.328 e. The molecule has 3 aromatic rings. The first kappa shape index (κ1) is 41.0. The molecule has 19 heteroatoms. The molecule has 1 aliphatic heterocycles. The van der Waals surface area contributed by atoms with Crippen LogP contribution in [0.15, 0.2) is 30.3 Å². The van der Waals surface area contributed by atoms with Crippen molar-refractivity contribution in [3.05, 3.63) is 50.2 Å². The second-order valence-electron chi connectivity index (χ2n) is 11.2. The molecule has 3 amide bonds. The number of phenolic OH excluding ortho intramolecular Hbond substituents is 1. The topological polar surface area (TPSA) is 208 Å². The maximum absolute atomic E-state index is 12.9. The number of H-pyrrole nitrogens is 1. The Morgan fingerprint density at radius 3 is 1.86 bits per heavy atom. The van der Waals surface area contributed by atoms with Gasteiger partial charge in [-0.2, -0.15) is 0 Å². The number of carbonyl (C=O) groups is 5. The molecule has 1 aliphatic rings. The van der Waals surface area contributed by atoms with E-state index in [-0.39, 0.29) is 87.5 Å². The molecule has 4 rings (SSSR count). The van der Waals surface area contributed by atoms with Crippen LogP contribution in [-0.2, 0) is 35.1 Å². The Kier molecular flexibility index (Phi) is 15.1. The molecule has 15 nitrogen and oxygen atoms in total. The molecule has 0 bridgehead atoms. The van der Waals surface area contributed by atoms with Crippen molar-refractivity contribution in [3.63, 3.8) is 0 Å². The maximum Gasteiger partial charge on any atom is 0.328 e. The summed E-state index contributed by atoms with van der Waals surface area (Å²) in [5, 5.41) is 31.6. The van der Waals surface area contributed by atoms with E-state index in [4.69, 9.17) is 14.2 Å². The van der Waals surface area contributed by atoms with E-state index in [1.807, 2.05) is 57.3 Å². The molecule has 1 fully saturated rings. The average Bonchev–Trinajstić information content (AvgIpc) is 3.41. The lowest BCUT2D eigenvalue weighted by atomic mass is 10.1. The van der Waals surface area contributed by atoms with Gasteiger partial charge in [-0.25, -0.2) is 4.79 Å². The van der Waals surface area contributed by atoms with Crippen LogP contribution < -0.4 is 14.8 Å². The average molecular weight is 1160 g/mol. The van der Waals surface area contributed by atoms with Crippen molar-refractivity contribution in [3.8, 4) is 34.8 Å². The molecule has 1 aromatic heterocycles. The van der Waals surface area contributed by atoms with E-state index in [0.717, 1.165) is 18.8 Å². The number of nitrogens with zero attached hydrogens (tertiary/aromatic N) is 2. The molecular formula is C32H32I4N4O11. The molecule has 1 atom stereocenters. The number of aromatic nitrogens is 1. The summed E-state index contributed by atoms with van der Waals surface area (Å²) < 4.78 is 18.9. The van der Waals surface area contributed by atoms with E-state index in [0.29, 0.717) is 18.6 Å². The minimum Gasteiger partial charge on any atom is -0.506 e. The Labute approximate surface area is 346 Å². The van der Waals surface area contributed by atoms with Crippen molar-refractivity contribution in [1.82, 2.24) is 20.1 Å². The number of hydrogen-bond acceptors (Lipinski definition) is 11. The number of piperazine rings is 1. The Balaban J connectivity index is 1.23. The van der Waals surface area contributed by atoms with E-state index >= 15 is 0 Å². The second kappa shape index (κ2) is 18.8. The van der Waals surface area contributed by atoms with Crippen LogP contribution in [0, 0.1) is 14.3 Å². The number of rotatable bonds is 13. The third kappa shape index (κ3) is 11.6. The summed E-state index contributed by atoms with van der Waals surface area (Å²) in [5.41, 5.74) is 0.752. The first-order valence-corrected chi connectivity index (χ1v) is 19.5. The quantitative estimate of drug-likeness (QED) is 0.120. The van der Waals surface area contributed by atoms with Crippen LogP contribution in [0.5, 0.6) is 34.8 Å². The van der Waals surface area contributed by atoms with Gasteiger partial charge in [0, 0.05) is 57.9 Å². The van der Waals surface area contributed by atoms with Gasteiger partial charge in [0.2, 0.25) is 23.6 Å². The number of ether oxygens (including phenoxy) is 3. The fourth-order valence-corrected chi connectivity index (χ4v) is 8.83. The number of phenols is 1. The first-order valence-electron chi connectivity index (χ1n) is 15.2. The zero-order valence-electron chi connectivity index (χ0n) is 26.8. The highest BCUT2D eigenvalue weighted by Gasteiger charge is 2.27. The number of carbonyl (C=O) groups excluding carboxylic acids is 5. The summed E-state index contributed by atoms with van der Waals surface area (Å²) in [6.45, 7) is 0.996. The number of amides is 3. The number of aromatic hydroxyl groups is 3. The zero-order valence-corrected chi connectivity index (χ0v) is 35.5. The summed E-state index contributed by atoms with van der Waals surface area (Å²) in [5.74, 6) is -2.25. The van der Waals surface area contributed by atoms with E-state index in [9.17, 15) is 39.3 Å². The van der Waals surface area contributed by atoms with Gasteiger partial charge in [-0.15, -0.1) is 0 Å². The second-order valence-corrected chi connectivity index (χ2v) is 15.8. The van der Waals surface area contributed by atoms with Crippen molar-refractivity contribution in [2.24, 2.45) is 0 Å². The van der Waals surface area contributed by atoms with Crippen molar-refractivity contribution in [1.29, 1.82) is 0 Å². The number of nitrogens with one attached hydrogen (secondary N) is 2. The van der Waals surface area contributed by atoms with Crippen LogP contribution in [0.2, 0.25) is 0 Å². The highest BCUT2D eigenvalue weighted by atomic mass is 127. The molecule has 51 heavy (non-hydrogen) atoms.